The molecule has 0 atom stereocenters. The van der Waals surface area contributed by atoms with Crippen molar-refractivity contribution in [2.24, 2.45) is 0 Å². The number of amides is 1. The van der Waals surface area contributed by atoms with E-state index in [1.807, 2.05) is 44.2 Å². The van der Waals surface area contributed by atoms with Crippen molar-refractivity contribution in [3.05, 3.63) is 71.5 Å². The molecule has 21 heavy (non-hydrogen) atoms. The number of hydrogen-bond acceptors (Lipinski definition) is 1. The van der Waals surface area contributed by atoms with Gasteiger partial charge in [0, 0.05) is 12.0 Å². The Balaban J connectivity index is 1.97. The first-order valence-electron chi connectivity index (χ1n) is 7.09. The number of rotatable bonds is 5. The van der Waals surface area contributed by atoms with Crippen LogP contribution in [0.4, 0.5) is 4.39 Å². The summed E-state index contributed by atoms with van der Waals surface area (Å²) < 4.78 is 13.8. The van der Waals surface area contributed by atoms with Crippen molar-refractivity contribution in [1.82, 2.24) is 5.32 Å². The molecule has 0 aliphatic carbocycles. The fourth-order valence-corrected chi connectivity index (χ4v) is 2.35. The van der Waals surface area contributed by atoms with E-state index in [1.54, 1.807) is 18.2 Å². The summed E-state index contributed by atoms with van der Waals surface area (Å²) in [5.41, 5.74) is 0.897. The molecule has 110 valence electrons. The summed E-state index contributed by atoms with van der Waals surface area (Å²) in [5, 5.41) is 2.90. The molecule has 0 spiro atoms. The normalized spacial score (nSPS) is 11.2. The first-order chi connectivity index (χ1) is 9.99. The standard InChI is InChI=1S/C18H20FNO/c1-18(2,15-10-6-7-11-16(15)19)20-17(21)13-12-14-8-4-3-5-9-14/h3-11H,12-13H2,1-2H3,(H,20,21). The minimum absolute atomic E-state index is 0.0768. The van der Waals surface area contributed by atoms with E-state index in [2.05, 4.69) is 5.32 Å². The Morgan fingerprint density at radius 2 is 1.67 bits per heavy atom. The van der Waals surface area contributed by atoms with Gasteiger partial charge in [-0.25, -0.2) is 4.39 Å². The minimum Gasteiger partial charge on any atom is -0.347 e. The van der Waals surface area contributed by atoms with Gasteiger partial charge in [-0.3, -0.25) is 4.79 Å². The molecule has 0 saturated carbocycles. The molecular formula is C18H20FNO. The lowest BCUT2D eigenvalue weighted by Gasteiger charge is -2.27. The highest BCUT2D eigenvalue weighted by Crippen LogP contribution is 2.23. The van der Waals surface area contributed by atoms with Gasteiger partial charge in [-0.05, 0) is 31.9 Å². The second kappa shape index (κ2) is 6.53. The highest BCUT2D eigenvalue weighted by atomic mass is 19.1. The van der Waals surface area contributed by atoms with Gasteiger partial charge in [0.1, 0.15) is 5.82 Å². The monoisotopic (exact) mass is 285 g/mol. The SMILES string of the molecule is CC(C)(NC(=O)CCc1ccccc1)c1ccccc1F. The van der Waals surface area contributed by atoms with Crippen molar-refractivity contribution in [3.63, 3.8) is 0 Å². The number of halogens is 1. The maximum Gasteiger partial charge on any atom is 0.221 e. The highest BCUT2D eigenvalue weighted by molar-refractivity contribution is 5.77. The average molecular weight is 285 g/mol. The summed E-state index contributed by atoms with van der Waals surface area (Å²) in [6.45, 7) is 3.62. The van der Waals surface area contributed by atoms with Crippen molar-refractivity contribution < 1.29 is 9.18 Å². The van der Waals surface area contributed by atoms with Gasteiger partial charge in [-0.1, -0.05) is 48.5 Å². The zero-order valence-corrected chi connectivity index (χ0v) is 12.4. The molecule has 0 aromatic heterocycles. The molecule has 0 radical (unpaired) electrons. The molecule has 2 nitrogen and oxygen atoms in total. The zero-order valence-electron chi connectivity index (χ0n) is 12.4. The van der Waals surface area contributed by atoms with Crippen LogP contribution in [0.5, 0.6) is 0 Å². The summed E-state index contributed by atoms with van der Waals surface area (Å²) in [7, 11) is 0. The molecule has 0 fully saturated rings. The summed E-state index contributed by atoms with van der Waals surface area (Å²) in [4.78, 5) is 12.1. The lowest BCUT2D eigenvalue weighted by atomic mass is 9.93. The number of nitrogens with one attached hydrogen (secondary N) is 1. The first kappa shape index (κ1) is 15.2. The Morgan fingerprint density at radius 1 is 1.05 bits per heavy atom. The molecule has 1 amide bonds. The molecule has 0 aliphatic rings. The van der Waals surface area contributed by atoms with Gasteiger partial charge in [0.05, 0.1) is 5.54 Å². The highest BCUT2D eigenvalue weighted by Gasteiger charge is 2.25. The van der Waals surface area contributed by atoms with Gasteiger partial charge in [0.25, 0.3) is 0 Å². The summed E-state index contributed by atoms with van der Waals surface area (Å²) in [5.74, 6) is -0.377. The van der Waals surface area contributed by atoms with Crippen LogP contribution in [0.15, 0.2) is 54.6 Å². The fraction of sp³-hybridized carbons (Fsp3) is 0.278. The van der Waals surface area contributed by atoms with Crippen LogP contribution in [0.3, 0.4) is 0 Å². The van der Waals surface area contributed by atoms with Crippen molar-refractivity contribution in [2.75, 3.05) is 0 Å². The third-order valence-corrected chi connectivity index (χ3v) is 3.48. The van der Waals surface area contributed by atoms with Crippen molar-refractivity contribution in [1.29, 1.82) is 0 Å². The van der Waals surface area contributed by atoms with Crippen LogP contribution in [0.25, 0.3) is 0 Å². The third kappa shape index (κ3) is 4.15. The van der Waals surface area contributed by atoms with E-state index in [-0.39, 0.29) is 11.7 Å². The Morgan fingerprint density at radius 3 is 2.33 bits per heavy atom. The van der Waals surface area contributed by atoms with Crippen LogP contribution < -0.4 is 5.32 Å². The number of carbonyl (C=O) groups excluding carboxylic acids is 1. The van der Waals surface area contributed by atoms with Crippen molar-refractivity contribution in [2.45, 2.75) is 32.2 Å². The lowest BCUT2D eigenvalue weighted by Crippen LogP contribution is -2.41. The molecule has 0 unspecified atom stereocenters. The molecule has 1 N–H and O–H groups in total. The second-order valence-electron chi connectivity index (χ2n) is 5.64. The van der Waals surface area contributed by atoms with Crippen LogP contribution >= 0.6 is 0 Å². The summed E-state index contributed by atoms with van der Waals surface area (Å²) in [6.07, 6.45) is 1.07. The maximum absolute atomic E-state index is 13.8. The quantitative estimate of drug-likeness (QED) is 0.889. The van der Waals surface area contributed by atoms with Crippen molar-refractivity contribution in [3.8, 4) is 0 Å². The van der Waals surface area contributed by atoms with Crippen LogP contribution in [-0.4, -0.2) is 5.91 Å². The molecule has 0 bridgehead atoms. The Bertz CT molecular complexity index is 608. The van der Waals surface area contributed by atoms with E-state index < -0.39 is 5.54 Å². The number of hydrogen-bond donors (Lipinski definition) is 1. The lowest BCUT2D eigenvalue weighted by molar-refractivity contribution is -0.122. The molecule has 2 rings (SSSR count). The molecule has 3 heteroatoms. The minimum atomic E-state index is -0.723. The fourth-order valence-electron chi connectivity index (χ4n) is 2.35. The third-order valence-electron chi connectivity index (χ3n) is 3.48. The Labute approximate surface area is 125 Å². The van der Waals surface area contributed by atoms with Gasteiger partial charge in [0.2, 0.25) is 5.91 Å². The van der Waals surface area contributed by atoms with E-state index in [9.17, 15) is 9.18 Å². The summed E-state index contributed by atoms with van der Waals surface area (Å²) in [6, 6.07) is 16.4. The Kier molecular flexibility index (Phi) is 4.73. The number of benzene rings is 2. The van der Waals surface area contributed by atoms with Gasteiger partial charge in [-0.15, -0.1) is 0 Å². The van der Waals surface area contributed by atoms with E-state index in [0.29, 0.717) is 18.4 Å². The van der Waals surface area contributed by atoms with Crippen LogP contribution in [0.2, 0.25) is 0 Å². The van der Waals surface area contributed by atoms with Gasteiger partial charge >= 0.3 is 0 Å². The first-order valence-corrected chi connectivity index (χ1v) is 7.09. The molecule has 2 aromatic rings. The van der Waals surface area contributed by atoms with E-state index >= 15 is 0 Å². The molecule has 0 aliphatic heterocycles. The van der Waals surface area contributed by atoms with Gasteiger partial charge in [-0.2, -0.15) is 0 Å². The van der Waals surface area contributed by atoms with Crippen LogP contribution in [-0.2, 0) is 16.8 Å². The smallest absolute Gasteiger partial charge is 0.221 e. The topological polar surface area (TPSA) is 29.1 Å². The molecule has 0 heterocycles. The molecule has 2 aromatic carbocycles. The zero-order chi connectivity index (χ0) is 15.3. The summed E-state index contributed by atoms with van der Waals surface area (Å²) >= 11 is 0. The molecule has 0 saturated heterocycles. The Hall–Kier alpha value is -2.16. The molecular weight excluding hydrogens is 265 g/mol. The van der Waals surface area contributed by atoms with Gasteiger partial charge in [0.15, 0.2) is 0 Å². The number of carbonyl (C=O) groups is 1. The van der Waals surface area contributed by atoms with E-state index in [0.717, 1.165) is 5.56 Å². The largest absolute Gasteiger partial charge is 0.347 e. The predicted molar refractivity (Wildman–Crippen MR) is 82.3 cm³/mol. The van der Waals surface area contributed by atoms with Crippen molar-refractivity contribution >= 4 is 5.91 Å². The second-order valence-corrected chi connectivity index (χ2v) is 5.64. The predicted octanol–water partition coefficient (Wildman–Crippen LogP) is 3.81. The van der Waals surface area contributed by atoms with Crippen LogP contribution in [0, 0.1) is 5.82 Å². The maximum atomic E-state index is 13.8. The van der Waals surface area contributed by atoms with E-state index in [1.165, 1.54) is 6.07 Å². The number of aryl methyl sites for hydroxylation is 1. The van der Waals surface area contributed by atoms with E-state index in [4.69, 9.17) is 0 Å². The van der Waals surface area contributed by atoms with Gasteiger partial charge < -0.3 is 5.32 Å². The van der Waals surface area contributed by atoms with Crippen LogP contribution in [0.1, 0.15) is 31.4 Å². The average Bonchev–Trinajstić information content (AvgIpc) is 2.46.